The minimum atomic E-state index is -0.237. The van der Waals surface area contributed by atoms with Crippen LogP contribution in [0.3, 0.4) is 0 Å². The van der Waals surface area contributed by atoms with Gasteiger partial charge in [0.15, 0.2) is 5.78 Å². The summed E-state index contributed by atoms with van der Waals surface area (Å²) in [5.74, 6) is 0.276. The number of carbonyl (C=O) groups is 1. The zero-order chi connectivity index (χ0) is 10.6. The van der Waals surface area contributed by atoms with Gasteiger partial charge in [0.2, 0.25) is 0 Å². The lowest BCUT2D eigenvalue weighted by Gasteiger charge is -2.18. The highest BCUT2D eigenvalue weighted by Gasteiger charge is 2.23. The normalized spacial score (nSPS) is 14.0. The lowest BCUT2D eigenvalue weighted by Crippen LogP contribution is -2.21. The molecule has 0 spiro atoms. The fraction of sp³-hybridized carbons (Fsp3) is 0.750. The first-order valence-corrected chi connectivity index (χ1v) is 5.01. The molecule has 0 bridgehead atoms. The maximum absolute atomic E-state index is 11.8. The fourth-order valence-electron chi connectivity index (χ4n) is 1.32. The van der Waals surface area contributed by atoms with Crippen LogP contribution >= 0.6 is 0 Å². The molecule has 0 N–H and O–H groups in total. The van der Waals surface area contributed by atoms with E-state index in [0.717, 1.165) is 18.4 Å². The van der Waals surface area contributed by atoms with E-state index in [9.17, 15) is 4.79 Å². The van der Waals surface area contributed by atoms with Crippen LogP contribution in [0.4, 0.5) is 0 Å². The first-order valence-electron chi connectivity index (χ1n) is 5.01. The summed E-state index contributed by atoms with van der Waals surface area (Å²) in [5, 5.41) is 0. The summed E-state index contributed by atoms with van der Waals surface area (Å²) in [4.78, 5) is 11.8. The number of Topliss-reactive ketones (excluding diaryl/α,β-unsaturated/α-hetero) is 1. The molecule has 0 rings (SSSR count). The predicted octanol–water partition coefficient (Wildman–Crippen LogP) is 3.74. The van der Waals surface area contributed by atoms with E-state index in [1.165, 1.54) is 5.57 Å². The van der Waals surface area contributed by atoms with E-state index in [4.69, 9.17) is 0 Å². The summed E-state index contributed by atoms with van der Waals surface area (Å²) in [6.45, 7) is 12.0. The van der Waals surface area contributed by atoms with Gasteiger partial charge in [-0.3, -0.25) is 4.79 Å². The highest BCUT2D eigenvalue weighted by Crippen LogP contribution is 2.22. The molecule has 0 radical (unpaired) electrons. The number of ketones is 1. The van der Waals surface area contributed by atoms with E-state index in [1.54, 1.807) is 0 Å². The largest absolute Gasteiger partial charge is 0.294 e. The van der Waals surface area contributed by atoms with Crippen LogP contribution < -0.4 is 0 Å². The zero-order valence-corrected chi connectivity index (χ0v) is 9.82. The van der Waals surface area contributed by atoms with Crippen LogP contribution in [0.15, 0.2) is 11.1 Å². The van der Waals surface area contributed by atoms with Gasteiger partial charge in [0, 0.05) is 5.41 Å². The van der Waals surface area contributed by atoms with Gasteiger partial charge in [0.25, 0.3) is 0 Å². The fourth-order valence-corrected chi connectivity index (χ4v) is 1.32. The molecule has 0 aliphatic heterocycles. The molecule has 0 heterocycles. The Morgan fingerprint density at radius 3 is 1.92 bits per heavy atom. The van der Waals surface area contributed by atoms with Crippen LogP contribution in [0, 0.1) is 5.41 Å². The first-order chi connectivity index (χ1) is 5.80. The Kier molecular flexibility index (Phi) is 4.38. The molecule has 0 fully saturated rings. The third-order valence-electron chi connectivity index (χ3n) is 2.29. The van der Waals surface area contributed by atoms with Gasteiger partial charge < -0.3 is 0 Å². The highest BCUT2D eigenvalue weighted by atomic mass is 16.1. The third kappa shape index (κ3) is 3.75. The van der Waals surface area contributed by atoms with Gasteiger partial charge in [-0.05, 0) is 25.8 Å². The van der Waals surface area contributed by atoms with Crippen molar-refractivity contribution >= 4 is 5.78 Å². The predicted molar refractivity (Wildman–Crippen MR) is 57.7 cm³/mol. The highest BCUT2D eigenvalue weighted by molar-refractivity contribution is 5.99. The number of hydrogen-bond donors (Lipinski definition) is 0. The van der Waals surface area contributed by atoms with E-state index in [0.29, 0.717) is 0 Å². The van der Waals surface area contributed by atoms with Gasteiger partial charge in [-0.1, -0.05) is 39.7 Å². The second-order valence-corrected chi connectivity index (χ2v) is 4.73. The SMILES string of the molecule is CCC/C(C)=C(\C)C(=O)C(C)(C)C. The third-order valence-corrected chi connectivity index (χ3v) is 2.29. The van der Waals surface area contributed by atoms with Gasteiger partial charge in [-0.15, -0.1) is 0 Å². The molecule has 1 nitrogen and oxygen atoms in total. The average molecular weight is 182 g/mol. The first kappa shape index (κ1) is 12.4. The van der Waals surface area contributed by atoms with E-state index in [-0.39, 0.29) is 11.2 Å². The Bertz CT molecular complexity index is 216. The van der Waals surface area contributed by atoms with Gasteiger partial charge >= 0.3 is 0 Å². The molecule has 0 saturated carbocycles. The Morgan fingerprint density at radius 1 is 1.15 bits per heavy atom. The summed E-state index contributed by atoms with van der Waals surface area (Å²) in [6.07, 6.45) is 2.15. The summed E-state index contributed by atoms with van der Waals surface area (Å²) in [6, 6.07) is 0. The molecule has 0 amide bonds. The monoisotopic (exact) mass is 182 g/mol. The second kappa shape index (κ2) is 4.59. The minimum Gasteiger partial charge on any atom is -0.294 e. The summed E-state index contributed by atoms with van der Waals surface area (Å²) < 4.78 is 0. The molecule has 0 aromatic carbocycles. The molecule has 13 heavy (non-hydrogen) atoms. The average Bonchev–Trinajstić information content (AvgIpc) is 2.00. The molecular formula is C12H22O. The molecule has 0 aromatic heterocycles. The Morgan fingerprint density at radius 2 is 1.62 bits per heavy atom. The molecule has 0 aliphatic rings. The molecular weight excluding hydrogens is 160 g/mol. The topological polar surface area (TPSA) is 17.1 Å². The maximum atomic E-state index is 11.8. The van der Waals surface area contributed by atoms with Crippen LogP contribution in [0.2, 0.25) is 0 Å². The van der Waals surface area contributed by atoms with Crippen LogP contribution in [0.5, 0.6) is 0 Å². The molecule has 0 atom stereocenters. The molecule has 0 saturated heterocycles. The van der Waals surface area contributed by atoms with Crippen molar-refractivity contribution in [3.05, 3.63) is 11.1 Å². The van der Waals surface area contributed by atoms with Crippen molar-refractivity contribution in [2.75, 3.05) is 0 Å². The Labute approximate surface area is 82.2 Å². The van der Waals surface area contributed by atoms with E-state index >= 15 is 0 Å². The van der Waals surface area contributed by atoms with Crippen molar-refractivity contribution in [1.82, 2.24) is 0 Å². The Hall–Kier alpha value is -0.590. The van der Waals surface area contributed by atoms with Gasteiger partial charge in [0.1, 0.15) is 0 Å². The van der Waals surface area contributed by atoms with Gasteiger partial charge in [-0.25, -0.2) is 0 Å². The molecule has 76 valence electrons. The van der Waals surface area contributed by atoms with Crippen LogP contribution in [-0.2, 0) is 4.79 Å². The van der Waals surface area contributed by atoms with Crippen molar-refractivity contribution in [1.29, 1.82) is 0 Å². The van der Waals surface area contributed by atoms with Crippen molar-refractivity contribution in [3.63, 3.8) is 0 Å². The van der Waals surface area contributed by atoms with Crippen molar-refractivity contribution < 1.29 is 4.79 Å². The van der Waals surface area contributed by atoms with Gasteiger partial charge in [0.05, 0.1) is 0 Å². The smallest absolute Gasteiger partial charge is 0.163 e. The number of rotatable bonds is 3. The standard InChI is InChI=1S/C12H22O/c1-7-8-9(2)10(3)11(13)12(4,5)6/h7-8H2,1-6H3/b10-9+. The number of hydrogen-bond acceptors (Lipinski definition) is 1. The molecule has 0 aliphatic carbocycles. The Balaban J connectivity index is 4.68. The van der Waals surface area contributed by atoms with Crippen LogP contribution in [0.25, 0.3) is 0 Å². The summed E-state index contributed by atoms with van der Waals surface area (Å²) in [7, 11) is 0. The van der Waals surface area contributed by atoms with Gasteiger partial charge in [-0.2, -0.15) is 0 Å². The summed E-state index contributed by atoms with van der Waals surface area (Å²) in [5.41, 5.74) is 1.95. The van der Waals surface area contributed by atoms with E-state index in [2.05, 4.69) is 13.8 Å². The van der Waals surface area contributed by atoms with Crippen molar-refractivity contribution in [2.45, 2.75) is 54.4 Å². The second-order valence-electron chi connectivity index (χ2n) is 4.73. The number of carbonyl (C=O) groups excluding carboxylic acids is 1. The van der Waals surface area contributed by atoms with Crippen molar-refractivity contribution in [2.24, 2.45) is 5.41 Å². The minimum absolute atomic E-state index is 0.237. The molecule has 1 heteroatoms. The zero-order valence-electron chi connectivity index (χ0n) is 9.82. The van der Waals surface area contributed by atoms with Crippen LogP contribution in [0.1, 0.15) is 54.4 Å². The van der Waals surface area contributed by atoms with E-state index < -0.39 is 0 Å². The molecule has 0 aromatic rings. The maximum Gasteiger partial charge on any atom is 0.163 e. The molecule has 0 unspecified atom stereocenters. The lowest BCUT2D eigenvalue weighted by atomic mass is 9.85. The lowest BCUT2D eigenvalue weighted by molar-refractivity contribution is -0.122. The number of allylic oxidation sites excluding steroid dienone is 2. The summed E-state index contributed by atoms with van der Waals surface area (Å²) >= 11 is 0. The van der Waals surface area contributed by atoms with E-state index in [1.807, 2.05) is 27.7 Å². The van der Waals surface area contributed by atoms with Crippen LogP contribution in [-0.4, -0.2) is 5.78 Å². The quantitative estimate of drug-likeness (QED) is 0.608. The van der Waals surface area contributed by atoms with Crippen molar-refractivity contribution in [3.8, 4) is 0 Å².